The third kappa shape index (κ3) is 4.25. The molecule has 1 aromatic heterocycles. The van der Waals surface area contributed by atoms with Gasteiger partial charge in [-0.15, -0.1) is 0 Å². The van der Waals surface area contributed by atoms with E-state index in [0.717, 1.165) is 10.9 Å². The van der Waals surface area contributed by atoms with Crippen molar-refractivity contribution in [3.63, 3.8) is 0 Å². The summed E-state index contributed by atoms with van der Waals surface area (Å²) in [5.41, 5.74) is 0.942. The molecular weight excluding hydrogens is 249 g/mol. The number of nitrogens with zero attached hydrogens (tertiary/aromatic N) is 2. The third-order valence-electron chi connectivity index (χ3n) is 1.37. The molecule has 71 valence electrons. The molecule has 0 aliphatic heterocycles. The van der Waals surface area contributed by atoms with Gasteiger partial charge in [-0.25, -0.2) is 0 Å². The van der Waals surface area contributed by atoms with E-state index in [-0.39, 0.29) is 32.7 Å². The molecule has 0 saturated heterocycles. The second-order valence-corrected chi connectivity index (χ2v) is 2.61. The van der Waals surface area contributed by atoms with Gasteiger partial charge >= 0.3 is 0 Å². The summed E-state index contributed by atoms with van der Waals surface area (Å²) in [7, 11) is 0. The molecule has 0 amide bonds. The third-order valence-corrected chi connectivity index (χ3v) is 1.37. The maximum atomic E-state index is 3.95. The van der Waals surface area contributed by atoms with Crippen LogP contribution in [0.4, 0.5) is 0 Å². The van der Waals surface area contributed by atoms with Crippen molar-refractivity contribution in [3.05, 3.63) is 43.2 Å². The summed E-state index contributed by atoms with van der Waals surface area (Å²) in [4.78, 5) is 7.72. The van der Waals surface area contributed by atoms with E-state index in [1.165, 1.54) is 0 Å². The quantitative estimate of drug-likeness (QED) is 0.681. The molecule has 3 heteroatoms. The van der Waals surface area contributed by atoms with Crippen LogP contribution in [0.1, 0.15) is 13.8 Å². The molecule has 0 saturated carbocycles. The van der Waals surface area contributed by atoms with Crippen LogP contribution in [0, 0.1) is 12.7 Å². The Kier molecular flexibility index (Phi) is 7.82. The second kappa shape index (κ2) is 8.01. The molecule has 0 spiro atoms. The van der Waals surface area contributed by atoms with Crippen LogP contribution in [0.15, 0.2) is 30.5 Å². The topological polar surface area (TPSA) is 25.8 Å². The van der Waals surface area contributed by atoms with E-state index in [1.807, 2.05) is 44.5 Å². The van der Waals surface area contributed by atoms with Gasteiger partial charge in [0.1, 0.15) is 0 Å². The van der Waals surface area contributed by atoms with Crippen molar-refractivity contribution in [3.8, 4) is 0 Å². The van der Waals surface area contributed by atoms with Gasteiger partial charge in [0.15, 0.2) is 0 Å². The van der Waals surface area contributed by atoms with E-state index in [9.17, 15) is 0 Å². The molecule has 0 aliphatic carbocycles. The Labute approximate surface area is 110 Å². The monoisotopic (exact) mass is 261 g/mol. The molecule has 0 bridgehead atoms. The second-order valence-electron chi connectivity index (χ2n) is 2.61. The van der Waals surface area contributed by atoms with Crippen LogP contribution in [0.5, 0.6) is 0 Å². The number of fused-ring (bicyclic) bond motifs is 1. The summed E-state index contributed by atoms with van der Waals surface area (Å²) < 4.78 is 0. The van der Waals surface area contributed by atoms with Crippen molar-refractivity contribution in [2.45, 2.75) is 13.8 Å². The molecule has 2 nitrogen and oxygen atoms in total. The van der Waals surface area contributed by atoms with Gasteiger partial charge in [0.25, 0.3) is 0 Å². The molecule has 0 atom stereocenters. The Morgan fingerprint density at radius 2 is 1.86 bits per heavy atom. The van der Waals surface area contributed by atoms with Crippen molar-refractivity contribution >= 4 is 10.9 Å². The number of benzene rings is 1. The van der Waals surface area contributed by atoms with Crippen molar-refractivity contribution in [1.82, 2.24) is 9.97 Å². The zero-order chi connectivity index (χ0) is 9.52. The first-order valence-corrected chi connectivity index (χ1v) is 4.20. The van der Waals surface area contributed by atoms with Gasteiger partial charge in [0.2, 0.25) is 0 Å². The van der Waals surface area contributed by atoms with Crippen LogP contribution in [0.3, 0.4) is 0 Å². The molecule has 0 aliphatic rings. The standard InChI is InChI=1S/C8H5N2.C3H7.Y/c1-2-4-8-7(3-1)5-9-6-10-8;1-3-2;/h1-5H;3H,1-2H3;/q2*-1;. The predicted octanol–water partition coefficient (Wildman–Crippen LogP) is 2.66. The maximum Gasteiger partial charge on any atom is 0.0219 e. The van der Waals surface area contributed by atoms with Gasteiger partial charge in [-0.05, 0) is 5.52 Å². The van der Waals surface area contributed by atoms with E-state index < -0.39 is 0 Å². The molecular formula is C11H12N2Y-2. The zero-order valence-electron chi connectivity index (χ0n) is 8.44. The van der Waals surface area contributed by atoms with E-state index in [4.69, 9.17) is 0 Å². The van der Waals surface area contributed by atoms with Crippen molar-refractivity contribution in [2.75, 3.05) is 0 Å². The summed E-state index contributed by atoms with van der Waals surface area (Å²) in [6.07, 6.45) is 6.29. The first kappa shape index (κ1) is 13.7. The van der Waals surface area contributed by atoms with Crippen LogP contribution >= 0.6 is 0 Å². The Hall–Kier alpha value is -0.336. The van der Waals surface area contributed by atoms with E-state index in [1.54, 1.807) is 6.20 Å². The summed E-state index contributed by atoms with van der Waals surface area (Å²) in [6.45, 7) is 4.00. The molecule has 1 radical (unpaired) electrons. The van der Waals surface area contributed by atoms with Crippen LogP contribution in [0.2, 0.25) is 0 Å². The van der Waals surface area contributed by atoms with Crippen LogP contribution < -0.4 is 0 Å². The normalized spacial score (nSPS) is 8.43. The molecule has 1 heterocycles. The molecule has 0 fully saturated rings. The van der Waals surface area contributed by atoms with Crippen molar-refractivity contribution < 1.29 is 32.7 Å². The summed E-state index contributed by atoms with van der Waals surface area (Å²) in [5.74, 6) is 0. The number of rotatable bonds is 0. The minimum absolute atomic E-state index is 0. The Morgan fingerprint density at radius 3 is 2.50 bits per heavy atom. The Morgan fingerprint density at radius 1 is 1.21 bits per heavy atom. The molecule has 14 heavy (non-hydrogen) atoms. The van der Waals surface area contributed by atoms with Crippen LogP contribution in [0.25, 0.3) is 10.9 Å². The minimum Gasteiger partial charge on any atom is -0.374 e. The van der Waals surface area contributed by atoms with Gasteiger partial charge in [-0.3, -0.25) is 0 Å². The van der Waals surface area contributed by atoms with Crippen molar-refractivity contribution in [2.24, 2.45) is 0 Å². The first-order chi connectivity index (χ1) is 6.38. The molecule has 0 unspecified atom stereocenters. The fourth-order valence-corrected chi connectivity index (χ4v) is 0.880. The zero-order valence-corrected chi connectivity index (χ0v) is 11.3. The summed E-state index contributed by atoms with van der Waals surface area (Å²) >= 11 is 0. The SMILES string of the molecule is C[CH-]C.[Y].[c-]1ncc2ccccc2n1. The number of hydrogen-bond acceptors (Lipinski definition) is 2. The van der Waals surface area contributed by atoms with Gasteiger partial charge in [-0.2, -0.15) is 13.8 Å². The smallest absolute Gasteiger partial charge is 0.0219 e. The van der Waals surface area contributed by atoms with E-state index in [2.05, 4.69) is 16.3 Å². The molecule has 2 rings (SSSR count). The Bertz CT molecular complexity index is 297. The average molecular weight is 261 g/mol. The first-order valence-electron chi connectivity index (χ1n) is 4.20. The summed E-state index contributed by atoms with van der Waals surface area (Å²) in [5, 5.41) is 1.06. The van der Waals surface area contributed by atoms with Gasteiger partial charge in [0, 0.05) is 39.0 Å². The number of aromatic nitrogens is 2. The number of para-hydroxylation sites is 1. The van der Waals surface area contributed by atoms with E-state index in [0.29, 0.717) is 0 Å². The minimum atomic E-state index is 0. The Balaban J connectivity index is 0.000000381. The van der Waals surface area contributed by atoms with Crippen molar-refractivity contribution in [1.29, 1.82) is 0 Å². The van der Waals surface area contributed by atoms with E-state index >= 15 is 0 Å². The van der Waals surface area contributed by atoms with Crippen LogP contribution in [-0.2, 0) is 32.7 Å². The fourth-order valence-electron chi connectivity index (χ4n) is 0.880. The molecule has 1 aromatic carbocycles. The predicted molar refractivity (Wildman–Crippen MR) is 54.0 cm³/mol. The van der Waals surface area contributed by atoms with Gasteiger partial charge in [-0.1, -0.05) is 35.8 Å². The maximum absolute atomic E-state index is 3.95. The number of hydrogen-bond donors (Lipinski definition) is 0. The van der Waals surface area contributed by atoms with Crippen LogP contribution in [-0.4, -0.2) is 9.97 Å². The molecule has 2 aromatic rings. The van der Waals surface area contributed by atoms with Gasteiger partial charge in [0.05, 0.1) is 0 Å². The average Bonchev–Trinajstić information content (AvgIpc) is 2.19. The summed E-state index contributed by atoms with van der Waals surface area (Å²) in [6, 6.07) is 7.82. The molecule has 0 N–H and O–H groups in total. The largest absolute Gasteiger partial charge is 0.374 e. The fraction of sp³-hybridized carbons (Fsp3) is 0.182. The van der Waals surface area contributed by atoms with Gasteiger partial charge < -0.3 is 16.4 Å².